The molecule has 0 amide bonds. The molecule has 0 radical (unpaired) electrons. The molecule has 0 spiro atoms. The first-order chi connectivity index (χ1) is 9.34. The van der Waals surface area contributed by atoms with Crippen LogP contribution in [0.4, 0.5) is 0 Å². The summed E-state index contributed by atoms with van der Waals surface area (Å²) in [4.78, 5) is 12.2. The summed E-state index contributed by atoms with van der Waals surface area (Å²) >= 11 is 0. The Kier molecular flexibility index (Phi) is 2.74. The van der Waals surface area contributed by atoms with Crippen molar-refractivity contribution in [3.63, 3.8) is 0 Å². The summed E-state index contributed by atoms with van der Waals surface area (Å²) in [6, 6.07) is 1.84. The van der Waals surface area contributed by atoms with Crippen LogP contribution in [0.1, 0.15) is 43.4 Å². The Balaban J connectivity index is 1.94. The van der Waals surface area contributed by atoms with Gasteiger partial charge >= 0.3 is 0 Å². The molecule has 0 aromatic carbocycles. The molecule has 0 aliphatic carbocycles. The summed E-state index contributed by atoms with van der Waals surface area (Å²) in [6.45, 7) is 8.23. The van der Waals surface area contributed by atoms with E-state index in [1.165, 1.54) is 0 Å². The van der Waals surface area contributed by atoms with E-state index in [0.717, 1.165) is 11.3 Å². The first kappa shape index (κ1) is 13.0. The predicted octanol–water partition coefficient (Wildman–Crippen LogP) is 2.12. The first-order valence-electron chi connectivity index (χ1n) is 6.83. The Bertz CT molecular complexity index is 671. The fraction of sp³-hybridized carbons (Fsp3) is 0.467. The van der Waals surface area contributed by atoms with Gasteiger partial charge in [0.1, 0.15) is 11.6 Å². The SMILES string of the molecule is Cc1cc2n(n1)C=C(C1C=N[N+](C(C)(C)C)=C1)CC2=O. The summed E-state index contributed by atoms with van der Waals surface area (Å²) in [7, 11) is 0. The van der Waals surface area contributed by atoms with Crippen LogP contribution >= 0.6 is 0 Å². The molecule has 1 aromatic rings. The number of hydrogen-bond acceptors (Lipinski definition) is 3. The second-order valence-corrected chi connectivity index (χ2v) is 6.37. The molecule has 3 rings (SSSR count). The second-order valence-electron chi connectivity index (χ2n) is 6.37. The molecule has 3 heterocycles. The number of ketones is 1. The van der Waals surface area contributed by atoms with Gasteiger partial charge in [0.15, 0.2) is 17.5 Å². The number of hydrogen-bond donors (Lipinski definition) is 0. The number of Topliss-reactive ketones (excluding diaryl/α,β-unsaturated/α-hetero) is 1. The standard InChI is InChI=1S/C15H19N4O/c1-10-5-13-14(20)6-11(8-18(13)17-10)12-7-16-19(9-12)15(2,3)4/h5,7-9,12H,6H2,1-4H3/q+1. The third kappa shape index (κ3) is 2.13. The number of nitrogens with zero attached hydrogens (tertiary/aromatic N) is 4. The van der Waals surface area contributed by atoms with Crippen molar-refractivity contribution in [1.82, 2.24) is 9.78 Å². The summed E-state index contributed by atoms with van der Waals surface area (Å²) in [5, 5.41) is 8.76. The van der Waals surface area contributed by atoms with E-state index in [0.29, 0.717) is 12.1 Å². The van der Waals surface area contributed by atoms with Crippen molar-refractivity contribution in [2.24, 2.45) is 11.0 Å². The lowest BCUT2D eigenvalue weighted by Crippen LogP contribution is -2.29. The number of rotatable bonds is 1. The Morgan fingerprint density at radius 1 is 1.40 bits per heavy atom. The minimum absolute atomic E-state index is 0.0437. The molecule has 0 bridgehead atoms. The van der Waals surface area contributed by atoms with E-state index < -0.39 is 0 Å². The highest BCUT2D eigenvalue weighted by Gasteiger charge is 2.33. The zero-order valence-corrected chi connectivity index (χ0v) is 12.3. The monoisotopic (exact) mass is 271 g/mol. The van der Waals surface area contributed by atoms with Gasteiger partial charge in [-0.05, 0) is 23.7 Å². The van der Waals surface area contributed by atoms with Crippen molar-refractivity contribution >= 4 is 24.4 Å². The lowest BCUT2D eigenvalue weighted by atomic mass is 9.94. The number of hydrazone groups is 1. The van der Waals surface area contributed by atoms with Gasteiger partial charge in [0.05, 0.1) is 11.9 Å². The minimum Gasteiger partial charge on any atom is -0.292 e. The van der Waals surface area contributed by atoms with Gasteiger partial charge < -0.3 is 0 Å². The van der Waals surface area contributed by atoms with E-state index in [-0.39, 0.29) is 17.2 Å². The zero-order chi connectivity index (χ0) is 14.5. The van der Waals surface area contributed by atoms with Gasteiger partial charge in [-0.25, -0.2) is 4.68 Å². The quantitative estimate of drug-likeness (QED) is 0.735. The molecule has 0 N–H and O–H groups in total. The van der Waals surface area contributed by atoms with Gasteiger partial charge in [-0.15, -0.1) is 0 Å². The van der Waals surface area contributed by atoms with Crippen LogP contribution in [0.2, 0.25) is 0 Å². The van der Waals surface area contributed by atoms with Crippen molar-refractivity contribution in [3.05, 3.63) is 23.0 Å². The number of aryl methyl sites for hydroxylation is 1. The van der Waals surface area contributed by atoms with E-state index in [2.05, 4.69) is 37.2 Å². The van der Waals surface area contributed by atoms with Crippen LogP contribution in [0, 0.1) is 12.8 Å². The molecule has 0 saturated carbocycles. The second kappa shape index (κ2) is 4.23. The van der Waals surface area contributed by atoms with Crippen LogP contribution in [0.15, 0.2) is 16.7 Å². The molecule has 2 aliphatic rings. The van der Waals surface area contributed by atoms with E-state index in [4.69, 9.17) is 0 Å². The lowest BCUT2D eigenvalue weighted by molar-refractivity contribution is -0.595. The zero-order valence-electron chi connectivity index (χ0n) is 12.3. The maximum atomic E-state index is 12.2. The number of fused-ring (bicyclic) bond motifs is 1. The van der Waals surface area contributed by atoms with Gasteiger partial charge in [0, 0.05) is 33.4 Å². The van der Waals surface area contributed by atoms with E-state index in [1.807, 2.05) is 30.1 Å². The summed E-state index contributed by atoms with van der Waals surface area (Å²) < 4.78 is 3.64. The maximum Gasteiger partial charge on any atom is 0.186 e. The molecule has 2 aliphatic heterocycles. The van der Waals surface area contributed by atoms with Gasteiger partial charge in [0.25, 0.3) is 0 Å². The first-order valence-corrected chi connectivity index (χ1v) is 6.83. The average molecular weight is 271 g/mol. The van der Waals surface area contributed by atoms with Crippen LogP contribution in [0.25, 0.3) is 6.20 Å². The van der Waals surface area contributed by atoms with Crippen LogP contribution in [0.5, 0.6) is 0 Å². The van der Waals surface area contributed by atoms with Crippen molar-refractivity contribution in [3.8, 4) is 0 Å². The Labute approximate surface area is 118 Å². The summed E-state index contributed by atoms with van der Waals surface area (Å²) in [5.74, 6) is 0.204. The summed E-state index contributed by atoms with van der Waals surface area (Å²) in [5.41, 5.74) is 2.54. The largest absolute Gasteiger partial charge is 0.292 e. The normalized spacial score (nSPS) is 21.8. The average Bonchev–Trinajstić information content (AvgIpc) is 2.93. The van der Waals surface area contributed by atoms with Gasteiger partial charge in [0.2, 0.25) is 0 Å². The molecular weight excluding hydrogens is 252 g/mol. The number of carbonyl (C=O) groups is 1. The van der Waals surface area contributed by atoms with Crippen molar-refractivity contribution < 1.29 is 9.48 Å². The van der Waals surface area contributed by atoms with Crippen LogP contribution in [0.3, 0.4) is 0 Å². The van der Waals surface area contributed by atoms with E-state index in [9.17, 15) is 4.79 Å². The maximum absolute atomic E-state index is 12.2. The molecule has 0 fully saturated rings. The number of aromatic nitrogens is 2. The molecule has 104 valence electrons. The van der Waals surface area contributed by atoms with Crippen LogP contribution in [-0.4, -0.2) is 38.2 Å². The smallest absolute Gasteiger partial charge is 0.186 e. The Morgan fingerprint density at radius 2 is 2.15 bits per heavy atom. The fourth-order valence-electron chi connectivity index (χ4n) is 2.47. The highest BCUT2D eigenvalue weighted by Crippen LogP contribution is 2.25. The van der Waals surface area contributed by atoms with Crippen molar-refractivity contribution in [1.29, 1.82) is 0 Å². The molecular formula is C15H19N4O+. The molecule has 1 unspecified atom stereocenters. The molecule has 1 atom stereocenters. The highest BCUT2D eigenvalue weighted by atomic mass is 16.1. The lowest BCUT2D eigenvalue weighted by Gasteiger charge is -2.14. The molecule has 5 heteroatoms. The molecule has 1 aromatic heterocycles. The van der Waals surface area contributed by atoms with Gasteiger partial charge in [-0.2, -0.15) is 5.10 Å². The molecule has 0 saturated heterocycles. The number of allylic oxidation sites excluding steroid dienone is 1. The molecule has 5 nitrogen and oxygen atoms in total. The van der Waals surface area contributed by atoms with Crippen molar-refractivity contribution in [2.75, 3.05) is 0 Å². The minimum atomic E-state index is -0.0437. The van der Waals surface area contributed by atoms with E-state index in [1.54, 1.807) is 4.68 Å². The number of carbonyl (C=O) groups excluding carboxylic acids is 1. The molecule has 20 heavy (non-hydrogen) atoms. The van der Waals surface area contributed by atoms with Crippen LogP contribution in [-0.2, 0) is 0 Å². The van der Waals surface area contributed by atoms with Gasteiger partial charge in [-0.3, -0.25) is 4.79 Å². The fourth-order valence-corrected chi connectivity index (χ4v) is 2.47. The third-order valence-electron chi connectivity index (χ3n) is 3.57. The Hall–Kier alpha value is -2.04. The van der Waals surface area contributed by atoms with E-state index >= 15 is 0 Å². The third-order valence-corrected chi connectivity index (χ3v) is 3.57. The predicted molar refractivity (Wildman–Crippen MR) is 78.2 cm³/mol. The topological polar surface area (TPSA) is 50.3 Å². The van der Waals surface area contributed by atoms with Crippen molar-refractivity contribution in [2.45, 2.75) is 39.7 Å². The summed E-state index contributed by atoms with van der Waals surface area (Å²) in [6.07, 6.45) is 6.37. The van der Waals surface area contributed by atoms with Gasteiger partial charge in [-0.1, -0.05) is 4.68 Å². The Morgan fingerprint density at radius 3 is 2.80 bits per heavy atom. The van der Waals surface area contributed by atoms with Crippen LogP contribution < -0.4 is 0 Å². The highest BCUT2D eigenvalue weighted by molar-refractivity contribution is 6.01.